The number of hydrogen-bond donors (Lipinski definition) is 1. The first-order valence-electron chi connectivity index (χ1n) is 9.58. The molecule has 0 radical (unpaired) electrons. The lowest BCUT2D eigenvalue weighted by atomic mass is 9.94. The largest absolute Gasteiger partial charge is 0.497 e. The molecule has 2 atom stereocenters. The number of carbonyl (C=O) groups is 2. The van der Waals surface area contributed by atoms with Crippen molar-refractivity contribution in [1.29, 1.82) is 0 Å². The number of benzene rings is 1. The van der Waals surface area contributed by atoms with Crippen LogP contribution in [0.15, 0.2) is 18.2 Å². The van der Waals surface area contributed by atoms with Gasteiger partial charge in [0.15, 0.2) is 0 Å². The molecule has 7 nitrogen and oxygen atoms in total. The second kappa shape index (κ2) is 8.61. The smallest absolute Gasteiger partial charge is 0.254 e. The van der Waals surface area contributed by atoms with E-state index in [4.69, 9.17) is 15.2 Å². The number of piperazine rings is 1. The first kappa shape index (κ1) is 19.5. The van der Waals surface area contributed by atoms with Gasteiger partial charge in [-0.05, 0) is 37.4 Å². The van der Waals surface area contributed by atoms with Crippen molar-refractivity contribution in [3.8, 4) is 11.5 Å². The number of hydrogen-bond acceptors (Lipinski definition) is 5. The Morgan fingerprint density at radius 3 is 2.15 bits per heavy atom. The molecule has 1 saturated heterocycles. The van der Waals surface area contributed by atoms with E-state index in [9.17, 15) is 9.59 Å². The lowest BCUT2D eigenvalue weighted by Crippen LogP contribution is -2.52. The fourth-order valence-corrected chi connectivity index (χ4v) is 4.12. The monoisotopic (exact) mass is 375 g/mol. The average Bonchev–Trinajstić information content (AvgIpc) is 3.21. The summed E-state index contributed by atoms with van der Waals surface area (Å²) in [5, 5.41) is 0. The van der Waals surface area contributed by atoms with Gasteiger partial charge in [-0.1, -0.05) is 6.42 Å². The Balaban J connectivity index is 1.62. The molecular formula is C20H29N3O4. The van der Waals surface area contributed by atoms with Gasteiger partial charge in [0.1, 0.15) is 11.5 Å². The average molecular weight is 375 g/mol. The van der Waals surface area contributed by atoms with Crippen LogP contribution in [0.5, 0.6) is 11.5 Å². The van der Waals surface area contributed by atoms with E-state index in [1.807, 2.05) is 4.90 Å². The molecule has 1 aromatic rings. The first-order valence-corrected chi connectivity index (χ1v) is 9.58. The fourth-order valence-electron chi connectivity index (χ4n) is 4.12. The Kier molecular flexibility index (Phi) is 6.21. The zero-order valence-corrected chi connectivity index (χ0v) is 16.1. The van der Waals surface area contributed by atoms with E-state index < -0.39 is 0 Å². The molecule has 0 aromatic heterocycles. The summed E-state index contributed by atoms with van der Waals surface area (Å²) in [6, 6.07) is 5.17. The van der Waals surface area contributed by atoms with Crippen molar-refractivity contribution in [2.24, 2.45) is 17.6 Å². The summed E-state index contributed by atoms with van der Waals surface area (Å²) in [7, 11) is 3.12. The van der Waals surface area contributed by atoms with E-state index >= 15 is 0 Å². The molecule has 0 spiro atoms. The van der Waals surface area contributed by atoms with E-state index in [1.165, 1.54) is 0 Å². The summed E-state index contributed by atoms with van der Waals surface area (Å²) < 4.78 is 10.5. The number of methoxy groups -OCH3 is 2. The van der Waals surface area contributed by atoms with Crippen LogP contribution in [0.2, 0.25) is 0 Å². The number of nitrogens with zero attached hydrogens (tertiary/aromatic N) is 2. The zero-order chi connectivity index (χ0) is 19.4. The van der Waals surface area contributed by atoms with Crippen molar-refractivity contribution in [1.82, 2.24) is 9.80 Å². The SMILES string of the molecule is COc1cc(OC)cc(C(=O)N2CCN(C(=O)[C@@H]3CCC[C@@H]3CN)CC2)c1. The van der Waals surface area contributed by atoms with Crippen LogP contribution >= 0.6 is 0 Å². The number of nitrogens with two attached hydrogens (primary N) is 1. The Morgan fingerprint density at radius 2 is 1.59 bits per heavy atom. The summed E-state index contributed by atoms with van der Waals surface area (Å²) >= 11 is 0. The predicted molar refractivity (Wildman–Crippen MR) is 102 cm³/mol. The van der Waals surface area contributed by atoms with Gasteiger partial charge < -0.3 is 25.0 Å². The van der Waals surface area contributed by atoms with Crippen molar-refractivity contribution >= 4 is 11.8 Å². The number of ether oxygens (including phenoxy) is 2. The first-order chi connectivity index (χ1) is 13.1. The summed E-state index contributed by atoms with van der Waals surface area (Å²) in [6.45, 7) is 2.78. The molecule has 148 valence electrons. The highest BCUT2D eigenvalue weighted by atomic mass is 16.5. The van der Waals surface area contributed by atoms with E-state index in [1.54, 1.807) is 37.3 Å². The van der Waals surface area contributed by atoms with Crippen LogP contribution in [0, 0.1) is 11.8 Å². The molecule has 3 rings (SSSR count). The van der Waals surface area contributed by atoms with E-state index in [-0.39, 0.29) is 17.7 Å². The maximum atomic E-state index is 12.9. The third-order valence-electron chi connectivity index (χ3n) is 5.76. The summed E-state index contributed by atoms with van der Waals surface area (Å²) in [4.78, 5) is 29.4. The Bertz CT molecular complexity index is 664. The molecule has 2 fully saturated rings. The van der Waals surface area contributed by atoms with E-state index in [0.29, 0.717) is 55.7 Å². The van der Waals surface area contributed by atoms with Crippen molar-refractivity contribution in [3.05, 3.63) is 23.8 Å². The van der Waals surface area contributed by atoms with Crippen molar-refractivity contribution in [2.45, 2.75) is 19.3 Å². The molecule has 2 aliphatic rings. The standard InChI is InChI=1S/C20H29N3O4/c1-26-16-10-15(11-17(12-16)27-2)19(24)22-6-8-23(9-7-22)20(25)18-5-3-4-14(18)13-21/h10-12,14,18H,3-9,13,21H2,1-2H3/t14-,18-/m1/s1. The van der Waals surface area contributed by atoms with Gasteiger partial charge in [0, 0.05) is 43.7 Å². The van der Waals surface area contributed by atoms with E-state index in [2.05, 4.69) is 0 Å². The molecule has 1 aliphatic carbocycles. The lowest BCUT2D eigenvalue weighted by Gasteiger charge is -2.36. The Hall–Kier alpha value is -2.28. The lowest BCUT2D eigenvalue weighted by molar-refractivity contribution is -0.138. The second-order valence-corrected chi connectivity index (χ2v) is 7.25. The summed E-state index contributed by atoms with van der Waals surface area (Å²) in [5.74, 6) is 1.67. The van der Waals surface area contributed by atoms with Crippen LogP contribution in [0.1, 0.15) is 29.6 Å². The minimum Gasteiger partial charge on any atom is -0.497 e. The number of carbonyl (C=O) groups excluding carboxylic acids is 2. The highest BCUT2D eigenvalue weighted by Gasteiger charge is 2.36. The molecule has 1 heterocycles. The summed E-state index contributed by atoms with van der Waals surface area (Å²) in [6.07, 6.45) is 3.06. The normalized spacial score (nSPS) is 22.6. The van der Waals surface area contributed by atoms with Gasteiger partial charge in [0.05, 0.1) is 14.2 Å². The molecule has 2 amide bonds. The Morgan fingerprint density at radius 1 is 1.00 bits per heavy atom. The van der Waals surface area contributed by atoms with Gasteiger partial charge in [-0.2, -0.15) is 0 Å². The topological polar surface area (TPSA) is 85.1 Å². The molecule has 0 bridgehead atoms. The van der Waals surface area contributed by atoms with Crippen molar-refractivity contribution in [2.75, 3.05) is 46.9 Å². The highest BCUT2D eigenvalue weighted by molar-refractivity contribution is 5.95. The van der Waals surface area contributed by atoms with Crippen LogP contribution in [0.4, 0.5) is 0 Å². The molecule has 1 saturated carbocycles. The molecule has 0 unspecified atom stereocenters. The quantitative estimate of drug-likeness (QED) is 0.840. The maximum Gasteiger partial charge on any atom is 0.254 e. The number of rotatable bonds is 5. The number of amides is 2. The summed E-state index contributed by atoms with van der Waals surface area (Å²) in [5.41, 5.74) is 6.35. The minimum atomic E-state index is -0.0694. The van der Waals surface area contributed by atoms with Crippen LogP contribution in [0.25, 0.3) is 0 Å². The van der Waals surface area contributed by atoms with Crippen LogP contribution < -0.4 is 15.2 Å². The predicted octanol–water partition coefficient (Wildman–Crippen LogP) is 1.36. The minimum absolute atomic E-state index is 0.0555. The van der Waals surface area contributed by atoms with E-state index in [0.717, 1.165) is 19.3 Å². The molecule has 2 N–H and O–H groups in total. The maximum absolute atomic E-state index is 12.9. The van der Waals surface area contributed by atoms with Gasteiger partial charge in [0.25, 0.3) is 5.91 Å². The van der Waals surface area contributed by atoms with Crippen molar-refractivity contribution in [3.63, 3.8) is 0 Å². The molecular weight excluding hydrogens is 346 g/mol. The second-order valence-electron chi connectivity index (χ2n) is 7.25. The zero-order valence-electron chi connectivity index (χ0n) is 16.1. The molecule has 27 heavy (non-hydrogen) atoms. The van der Waals surface area contributed by atoms with Gasteiger partial charge in [-0.3, -0.25) is 9.59 Å². The molecule has 1 aliphatic heterocycles. The molecule has 7 heteroatoms. The third kappa shape index (κ3) is 4.18. The van der Waals surface area contributed by atoms with Crippen LogP contribution in [-0.4, -0.2) is 68.6 Å². The fraction of sp³-hybridized carbons (Fsp3) is 0.600. The Labute approximate surface area is 160 Å². The van der Waals surface area contributed by atoms with Crippen molar-refractivity contribution < 1.29 is 19.1 Å². The van der Waals surface area contributed by atoms with Crippen LogP contribution in [0.3, 0.4) is 0 Å². The highest BCUT2D eigenvalue weighted by Crippen LogP contribution is 2.32. The third-order valence-corrected chi connectivity index (χ3v) is 5.76. The van der Waals surface area contributed by atoms with Gasteiger partial charge in [-0.25, -0.2) is 0 Å². The van der Waals surface area contributed by atoms with Gasteiger partial charge >= 0.3 is 0 Å². The van der Waals surface area contributed by atoms with Crippen LogP contribution in [-0.2, 0) is 4.79 Å². The molecule has 1 aromatic carbocycles. The van der Waals surface area contributed by atoms with Gasteiger partial charge in [0.2, 0.25) is 5.91 Å². The van der Waals surface area contributed by atoms with Gasteiger partial charge in [-0.15, -0.1) is 0 Å².